The Balaban J connectivity index is 1.57. The van der Waals surface area contributed by atoms with Gasteiger partial charge in [-0.1, -0.05) is 92.2 Å². The molecule has 0 aliphatic heterocycles. The summed E-state index contributed by atoms with van der Waals surface area (Å²) in [5.41, 5.74) is 3.15. The molecule has 190 valence electrons. The van der Waals surface area contributed by atoms with Crippen LogP contribution in [0, 0.1) is 0 Å². The number of anilines is 1. The molecule has 1 heterocycles. The first-order valence-corrected chi connectivity index (χ1v) is 13.7. The minimum Gasteiger partial charge on any atom is -0.309 e. The van der Waals surface area contributed by atoms with Crippen molar-refractivity contribution in [3.05, 3.63) is 108 Å². The third kappa shape index (κ3) is 7.03. The molecule has 0 bridgehead atoms. The number of amides is 1. The summed E-state index contributed by atoms with van der Waals surface area (Å²) in [5.74, 6) is 0.0206. The van der Waals surface area contributed by atoms with Gasteiger partial charge in [0.15, 0.2) is 0 Å². The second-order valence-electron chi connectivity index (χ2n) is 8.52. The van der Waals surface area contributed by atoms with Crippen molar-refractivity contribution in [2.24, 2.45) is 0 Å². The maximum atomic E-state index is 13.2. The minimum atomic E-state index is -3.81. The van der Waals surface area contributed by atoms with E-state index in [2.05, 4.69) is 5.32 Å². The van der Waals surface area contributed by atoms with Crippen molar-refractivity contribution in [3.8, 4) is 16.9 Å². The van der Waals surface area contributed by atoms with Gasteiger partial charge in [0.05, 0.1) is 17.9 Å². The van der Waals surface area contributed by atoms with E-state index in [1.165, 1.54) is 4.31 Å². The van der Waals surface area contributed by atoms with Crippen molar-refractivity contribution < 1.29 is 13.2 Å². The Morgan fingerprint density at radius 1 is 0.946 bits per heavy atom. The molecule has 0 aliphatic rings. The van der Waals surface area contributed by atoms with Crippen LogP contribution in [0.25, 0.3) is 23.0 Å². The van der Waals surface area contributed by atoms with Crippen molar-refractivity contribution in [3.63, 3.8) is 0 Å². The van der Waals surface area contributed by atoms with Gasteiger partial charge in [0.25, 0.3) is 0 Å². The molecule has 4 rings (SSSR count). The highest BCUT2D eigenvalue weighted by Crippen LogP contribution is 2.25. The van der Waals surface area contributed by atoms with Gasteiger partial charge in [-0.25, -0.2) is 13.1 Å². The van der Waals surface area contributed by atoms with E-state index in [9.17, 15) is 13.2 Å². The number of carbonyl (C=O) groups excluding carboxylic acids is 1. The van der Waals surface area contributed by atoms with E-state index in [0.717, 1.165) is 28.6 Å². The highest BCUT2D eigenvalue weighted by atomic mass is 32.2. The molecule has 0 saturated heterocycles. The molecule has 1 N–H and O–H groups in total. The molecule has 37 heavy (non-hydrogen) atoms. The number of nitrogens with one attached hydrogen (secondary N) is 1. The quantitative estimate of drug-likeness (QED) is 0.283. The standard InChI is InChI=1S/C29H30N4O3S/c1-2-3-20-32(37(35,36)21-19-24-13-7-4-8-14-24)23-29(34)30-28-22-27(25-15-9-5-10-16-25)31-33(28)26-17-11-6-12-18-26/h4-19,21-22H,2-3,20,23H2,1H3,(H,30,34)/b21-19+. The number of unbranched alkanes of at least 4 members (excludes halogenated alkanes) is 1. The number of sulfonamides is 1. The van der Waals surface area contributed by atoms with Crippen LogP contribution in [0.15, 0.2) is 102 Å². The fourth-order valence-electron chi connectivity index (χ4n) is 3.77. The van der Waals surface area contributed by atoms with Crippen molar-refractivity contribution in [1.29, 1.82) is 0 Å². The number of benzene rings is 3. The van der Waals surface area contributed by atoms with Crippen LogP contribution >= 0.6 is 0 Å². The van der Waals surface area contributed by atoms with Gasteiger partial charge in [0.2, 0.25) is 15.9 Å². The molecule has 1 aromatic heterocycles. The lowest BCUT2D eigenvalue weighted by atomic mass is 10.2. The van der Waals surface area contributed by atoms with E-state index in [0.29, 0.717) is 17.9 Å². The summed E-state index contributed by atoms with van der Waals surface area (Å²) in [6.45, 7) is 1.93. The van der Waals surface area contributed by atoms with Crippen LogP contribution in [0.2, 0.25) is 0 Å². The molecular weight excluding hydrogens is 484 g/mol. The third-order valence-corrected chi connectivity index (χ3v) is 7.23. The predicted octanol–water partition coefficient (Wildman–Crippen LogP) is 5.58. The largest absolute Gasteiger partial charge is 0.309 e. The van der Waals surface area contributed by atoms with E-state index in [4.69, 9.17) is 5.10 Å². The lowest BCUT2D eigenvalue weighted by molar-refractivity contribution is -0.116. The Morgan fingerprint density at radius 3 is 2.22 bits per heavy atom. The van der Waals surface area contributed by atoms with Gasteiger partial charge in [0.1, 0.15) is 5.82 Å². The van der Waals surface area contributed by atoms with Gasteiger partial charge in [-0.15, -0.1) is 0 Å². The van der Waals surface area contributed by atoms with Crippen LogP contribution in [-0.2, 0) is 14.8 Å². The zero-order valence-corrected chi connectivity index (χ0v) is 21.5. The van der Waals surface area contributed by atoms with Crippen LogP contribution < -0.4 is 5.32 Å². The van der Waals surface area contributed by atoms with Crippen molar-refractivity contribution in [2.75, 3.05) is 18.4 Å². The molecule has 0 spiro atoms. The summed E-state index contributed by atoms with van der Waals surface area (Å²) >= 11 is 0. The number of hydrogen-bond donors (Lipinski definition) is 1. The van der Waals surface area contributed by atoms with E-state index < -0.39 is 15.9 Å². The third-order valence-electron chi connectivity index (χ3n) is 5.72. The molecule has 7 nitrogen and oxygen atoms in total. The molecule has 0 atom stereocenters. The highest BCUT2D eigenvalue weighted by molar-refractivity contribution is 7.92. The van der Waals surface area contributed by atoms with Crippen LogP contribution in [0.4, 0.5) is 5.82 Å². The molecular formula is C29H30N4O3S. The Kier molecular flexibility index (Phi) is 8.66. The fourth-order valence-corrected chi connectivity index (χ4v) is 4.96. The van der Waals surface area contributed by atoms with Crippen molar-refractivity contribution in [2.45, 2.75) is 19.8 Å². The number of aromatic nitrogens is 2. The number of nitrogens with zero attached hydrogens (tertiary/aromatic N) is 3. The molecule has 3 aromatic carbocycles. The zero-order chi connectivity index (χ0) is 26.1. The first-order valence-electron chi connectivity index (χ1n) is 12.2. The molecule has 8 heteroatoms. The summed E-state index contributed by atoms with van der Waals surface area (Å²) in [7, 11) is -3.81. The molecule has 1 amide bonds. The van der Waals surface area contributed by atoms with Gasteiger partial charge < -0.3 is 5.32 Å². The van der Waals surface area contributed by atoms with Crippen LogP contribution in [0.5, 0.6) is 0 Å². The van der Waals surface area contributed by atoms with Crippen LogP contribution in [-0.4, -0.2) is 41.5 Å². The minimum absolute atomic E-state index is 0.249. The molecule has 0 saturated carbocycles. The Bertz CT molecular complexity index is 1430. The Hall–Kier alpha value is -4.01. The van der Waals surface area contributed by atoms with E-state index >= 15 is 0 Å². The fraction of sp³-hybridized carbons (Fsp3) is 0.172. The van der Waals surface area contributed by atoms with Gasteiger partial charge in [-0.2, -0.15) is 9.40 Å². The number of carbonyl (C=O) groups is 1. The van der Waals surface area contributed by atoms with Gasteiger partial charge >= 0.3 is 0 Å². The average molecular weight is 515 g/mol. The molecule has 0 fully saturated rings. The summed E-state index contributed by atoms with van der Waals surface area (Å²) in [5, 5.41) is 8.75. The predicted molar refractivity (Wildman–Crippen MR) is 149 cm³/mol. The normalized spacial score (nSPS) is 11.7. The zero-order valence-electron chi connectivity index (χ0n) is 20.7. The maximum Gasteiger partial charge on any atom is 0.240 e. The molecule has 0 unspecified atom stereocenters. The van der Waals surface area contributed by atoms with E-state index in [-0.39, 0.29) is 13.1 Å². The monoisotopic (exact) mass is 514 g/mol. The molecule has 0 radical (unpaired) electrons. The van der Waals surface area contributed by atoms with E-state index in [1.807, 2.05) is 97.9 Å². The van der Waals surface area contributed by atoms with E-state index in [1.54, 1.807) is 16.8 Å². The highest BCUT2D eigenvalue weighted by Gasteiger charge is 2.23. The number of rotatable bonds is 11. The summed E-state index contributed by atoms with van der Waals surface area (Å²) in [4.78, 5) is 13.2. The Morgan fingerprint density at radius 2 is 1.57 bits per heavy atom. The lowest BCUT2D eigenvalue weighted by Crippen LogP contribution is -2.37. The number of para-hydroxylation sites is 1. The second-order valence-corrected chi connectivity index (χ2v) is 10.3. The van der Waals surface area contributed by atoms with Crippen LogP contribution in [0.1, 0.15) is 25.3 Å². The topological polar surface area (TPSA) is 84.3 Å². The smallest absolute Gasteiger partial charge is 0.240 e. The summed E-state index contributed by atoms with van der Waals surface area (Å²) in [6, 6.07) is 30.1. The second kappa shape index (κ2) is 12.3. The molecule has 4 aromatic rings. The van der Waals surface area contributed by atoms with Gasteiger partial charge in [-0.3, -0.25) is 4.79 Å². The number of hydrogen-bond acceptors (Lipinski definition) is 4. The Labute approximate surface area is 218 Å². The van der Waals surface area contributed by atoms with Crippen molar-refractivity contribution >= 4 is 27.8 Å². The van der Waals surface area contributed by atoms with Crippen molar-refractivity contribution in [1.82, 2.24) is 14.1 Å². The first kappa shape index (κ1) is 26.1. The summed E-state index contributed by atoms with van der Waals surface area (Å²) < 4.78 is 29.1. The lowest BCUT2D eigenvalue weighted by Gasteiger charge is -2.20. The van der Waals surface area contributed by atoms with Gasteiger partial charge in [-0.05, 0) is 30.2 Å². The maximum absolute atomic E-state index is 13.2. The average Bonchev–Trinajstić information content (AvgIpc) is 3.35. The SMILES string of the molecule is CCCCN(CC(=O)Nc1cc(-c2ccccc2)nn1-c1ccccc1)S(=O)(=O)/C=C/c1ccccc1. The van der Waals surface area contributed by atoms with Crippen LogP contribution in [0.3, 0.4) is 0 Å². The summed E-state index contributed by atoms with van der Waals surface area (Å²) in [6.07, 6.45) is 2.99. The molecule has 0 aliphatic carbocycles. The van der Waals surface area contributed by atoms with Gasteiger partial charge in [0, 0.05) is 23.6 Å². The first-order chi connectivity index (χ1) is 18.0.